The van der Waals surface area contributed by atoms with Crippen molar-refractivity contribution in [3.05, 3.63) is 35.9 Å². The molecule has 1 heterocycles. The first-order valence-corrected chi connectivity index (χ1v) is 11.9. The van der Waals surface area contributed by atoms with Crippen LogP contribution in [0, 0.1) is 0 Å². The normalized spacial score (nSPS) is 18.8. The Kier molecular flexibility index (Phi) is 14.6. The summed E-state index contributed by atoms with van der Waals surface area (Å²) in [5.41, 5.74) is 5.81. The zero-order valence-electron chi connectivity index (χ0n) is 17.5. The second-order valence-electron chi connectivity index (χ2n) is 7.48. The molecule has 0 aromatic heterocycles. The minimum absolute atomic E-state index is 0. The molecule has 1 aromatic carbocycles. The standard InChI is InChI=1S/C20H30N3O7P.2Li.2H/c1-14(19(25)23-13-7-10-16(23)20(26)27)30-31(28,29)17(11-5-6-12-21)22-18(24)15-8-3-2-4-9-15;;;;/h2-4,8-9,14,16-17H,5-7,10-13,21H2,1H3,(H,22,24)(H,26,27)(H,28,29);;;;/t14?,16-,17?;;;;/m0..../s1. The van der Waals surface area contributed by atoms with Crippen LogP contribution in [0.3, 0.4) is 0 Å². The molecule has 0 bridgehead atoms. The van der Waals surface area contributed by atoms with Gasteiger partial charge < -0.3 is 26.0 Å². The van der Waals surface area contributed by atoms with Crippen LogP contribution in [0.5, 0.6) is 0 Å². The molecule has 1 fully saturated rings. The van der Waals surface area contributed by atoms with E-state index in [1.54, 1.807) is 30.3 Å². The van der Waals surface area contributed by atoms with Crippen LogP contribution >= 0.6 is 7.60 Å². The van der Waals surface area contributed by atoms with Crippen LogP contribution in [-0.2, 0) is 18.7 Å². The molecule has 10 nitrogen and oxygen atoms in total. The van der Waals surface area contributed by atoms with E-state index in [9.17, 15) is 28.9 Å². The number of carboxylic acid groups (broad SMARTS) is 1. The van der Waals surface area contributed by atoms with E-state index in [-0.39, 0.29) is 50.7 Å². The fourth-order valence-corrected chi connectivity index (χ4v) is 4.97. The van der Waals surface area contributed by atoms with Crippen LogP contribution in [0.1, 0.15) is 49.4 Å². The summed E-state index contributed by atoms with van der Waals surface area (Å²) < 4.78 is 18.3. The molecule has 5 N–H and O–H groups in total. The first-order chi connectivity index (χ1) is 14.7. The molecular weight excluding hydrogens is 439 g/mol. The van der Waals surface area contributed by atoms with Gasteiger partial charge in [0.1, 0.15) is 17.9 Å². The van der Waals surface area contributed by atoms with Crippen molar-refractivity contribution in [1.82, 2.24) is 10.2 Å². The van der Waals surface area contributed by atoms with Crippen molar-refractivity contribution in [3.8, 4) is 0 Å². The Morgan fingerprint density at radius 2 is 1.88 bits per heavy atom. The van der Waals surface area contributed by atoms with Gasteiger partial charge in [-0.2, -0.15) is 0 Å². The molecule has 3 unspecified atom stereocenters. The molecule has 13 heteroatoms. The monoisotopic (exact) mass is 471 g/mol. The first-order valence-electron chi connectivity index (χ1n) is 10.3. The van der Waals surface area contributed by atoms with Gasteiger partial charge in [0.2, 0.25) is 0 Å². The van der Waals surface area contributed by atoms with Crippen LogP contribution in [0.15, 0.2) is 30.3 Å². The predicted molar refractivity (Wildman–Crippen MR) is 128 cm³/mol. The van der Waals surface area contributed by atoms with Crippen molar-refractivity contribution >= 4 is 63.1 Å². The van der Waals surface area contributed by atoms with Gasteiger partial charge in [0.25, 0.3) is 11.8 Å². The number of hydrogen-bond donors (Lipinski definition) is 4. The molecule has 0 aliphatic carbocycles. The van der Waals surface area contributed by atoms with Gasteiger partial charge in [-0.25, -0.2) is 4.79 Å². The maximum absolute atomic E-state index is 13.0. The van der Waals surface area contributed by atoms with Crippen molar-refractivity contribution in [2.24, 2.45) is 5.73 Å². The van der Waals surface area contributed by atoms with Crippen LogP contribution in [0.25, 0.3) is 0 Å². The first kappa shape index (κ1) is 31.9. The number of carboxylic acids is 1. The number of carbonyl (C=O) groups excluding carboxylic acids is 2. The van der Waals surface area contributed by atoms with Gasteiger partial charge in [-0.05, 0) is 57.7 Å². The number of nitrogens with one attached hydrogen (secondary N) is 1. The summed E-state index contributed by atoms with van der Waals surface area (Å²) in [5, 5.41) is 11.8. The van der Waals surface area contributed by atoms with Crippen molar-refractivity contribution in [2.75, 3.05) is 13.1 Å². The van der Waals surface area contributed by atoms with Gasteiger partial charge in [-0.1, -0.05) is 18.2 Å². The van der Waals surface area contributed by atoms with Crippen molar-refractivity contribution in [3.63, 3.8) is 0 Å². The van der Waals surface area contributed by atoms with Crippen LogP contribution in [0.4, 0.5) is 0 Å². The molecule has 2 rings (SSSR count). The Balaban J connectivity index is 0.00000512. The molecule has 0 saturated carbocycles. The average Bonchev–Trinajstić information content (AvgIpc) is 3.23. The number of rotatable bonds is 11. The van der Waals surface area contributed by atoms with E-state index < -0.39 is 43.3 Å². The SMILES string of the molecule is CC(OP(=O)(O)C(CCCCN)NC(=O)c1ccccc1)C(=O)N1CCC[C@H]1C(=O)O.[LiH].[LiH]. The number of likely N-dealkylation sites (tertiary alicyclic amines) is 1. The number of benzene rings is 1. The van der Waals surface area contributed by atoms with E-state index >= 15 is 0 Å². The second-order valence-corrected chi connectivity index (χ2v) is 9.44. The summed E-state index contributed by atoms with van der Waals surface area (Å²) in [7, 11) is -4.48. The quantitative estimate of drug-likeness (QED) is 0.203. The number of amides is 2. The minimum atomic E-state index is -4.48. The number of nitrogens with two attached hydrogens (primary N) is 1. The fraction of sp³-hybridized carbons (Fsp3) is 0.550. The summed E-state index contributed by atoms with van der Waals surface area (Å²) >= 11 is 0. The average molecular weight is 471 g/mol. The predicted octanol–water partition coefficient (Wildman–Crippen LogP) is 0.241. The summed E-state index contributed by atoms with van der Waals surface area (Å²) in [6, 6.07) is 7.24. The van der Waals surface area contributed by atoms with Gasteiger partial charge in [0, 0.05) is 12.1 Å². The van der Waals surface area contributed by atoms with Gasteiger partial charge in [0.15, 0.2) is 0 Å². The van der Waals surface area contributed by atoms with Crippen molar-refractivity contribution < 1.29 is 33.5 Å². The Hall–Kier alpha value is -1.07. The number of unbranched alkanes of at least 4 members (excludes halogenated alkanes) is 1. The van der Waals surface area contributed by atoms with Gasteiger partial charge in [-0.15, -0.1) is 0 Å². The molecule has 2 amide bonds. The molecule has 0 radical (unpaired) electrons. The Morgan fingerprint density at radius 1 is 1.24 bits per heavy atom. The number of hydrogen-bond acceptors (Lipinski definition) is 6. The zero-order valence-corrected chi connectivity index (χ0v) is 18.4. The molecule has 33 heavy (non-hydrogen) atoms. The summed E-state index contributed by atoms with van der Waals surface area (Å²) in [5.74, 6) is -3.58. The van der Waals surface area contributed by atoms with Gasteiger partial charge in [-0.3, -0.25) is 18.7 Å². The number of aliphatic carboxylic acids is 1. The zero-order chi connectivity index (χ0) is 23.0. The molecule has 176 valence electrons. The third-order valence-electron chi connectivity index (χ3n) is 5.14. The number of nitrogens with zero attached hydrogens (tertiary/aromatic N) is 1. The Labute approximate surface area is 217 Å². The van der Waals surface area contributed by atoms with E-state index in [4.69, 9.17) is 10.3 Å². The van der Waals surface area contributed by atoms with Crippen LogP contribution in [-0.4, -0.2) is 101 Å². The van der Waals surface area contributed by atoms with E-state index in [0.29, 0.717) is 37.8 Å². The Morgan fingerprint density at radius 3 is 2.45 bits per heavy atom. The van der Waals surface area contributed by atoms with E-state index in [2.05, 4.69) is 5.32 Å². The molecule has 1 aromatic rings. The molecule has 4 atom stereocenters. The maximum atomic E-state index is 13.0. The third-order valence-corrected chi connectivity index (χ3v) is 6.93. The number of carbonyl (C=O) groups is 3. The van der Waals surface area contributed by atoms with Crippen LogP contribution in [0.2, 0.25) is 0 Å². The summed E-state index contributed by atoms with van der Waals surface area (Å²) in [4.78, 5) is 48.3. The topological polar surface area (TPSA) is 159 Å². The van der Waals surface area contributed by atoms with Gasteiger partial charge >= 0.3 is 51.3 Å². The van der Waals surface area contributed by atoms with E-state index in [0.717, 1.165) is 4.90 Å². The summed E-state index contributed by atoms with van der Waals surface area (Å²) in [6.45, 7) is 1.93. The molecule has 1 aliphatic heterocycles. The Bertz CT molecular complexity index is 831. The third kappa shape index (κ3) is 9.24. The molecule has 1 aliphatic rings. The fourth-order valence-electron chi connectivity index (χ4n) is 3.49. The van der Waals surface area contributed by atoms with Crippen molar-refractivity contribution in [2.45, 2.75) is 57.0 Å². The van der Waals surface area contributed by atoms with Crippen molar-refractivity contribution in [1.29, 1.82) is 0 Å². The molecular formula is C20H32Li2N3O7P. The van der Waals surface area contributed by atoms with Crippen LogP contribution < -0.4 is 11.1 Å². The second kappa shape index (κ2) is 15.0. The molecule has 0 spiro atoms. The van der Waals surface area contributed by atoms with Gasteiger partial charge in [0.05, 0.1) is 0 Å². The van der Waals surface area contributed by atoms with E-state index in [1.165, 1.54) is 6.92 Å². The summed E-state index contributed by atoms with van der Waals surface area (Å²) in [6.07, 6.45) is 0.688. The molecule has 1 saturated heterocycles. The van der Waals surface area contributed by atoms with E-state index in [1.807, 2.05) is 0 Å².